The number of rotatable bonds is 5. The molecule has 0 aliphatic carbocycles. The lowest BCUT2D eigenvalue weighted by Crippen LogP contribution is -2.32. The van der Waals surface area contributed by atoms with Gasteiger partial charge in [0.25, 0.3) is 5.89 Å². The molecule has 132 valence electrons. The van der Waals surface area contributed by atoms with Crippen molar-refractivity contribution in [3.8, 4) is 11.6 Å². The smallest absolute Gasteiger partial charge is 0.264 e. The van der Waals surface area contributed by atoms with E-state index in [-0.39, 0.29) is 0 Å². The summed E-state index contributed by atoms with van der Waals surface area (Å²) in [5.41, 5.74) is 2.16. The third-order valence-electron chi connectivity index (χ3n) is 4.72. The molecule has 3 heterocycles. The van der Waals surface area contributed by atoms with Gasteiger partial charge in [0.1, 0.15) is 5.69 Å². The predicted octanol–water partition coefficient (Wildman–Crippen LogP) is 2.55. The molecule has 1 aliphatic heterocycles. The lowest BCUT2D eigenvalue weighted by Gasteiger charge is -2.22. The third-order valence-corrected chi connectivity index (χ3v) is 4.72. The molecule has 0 bridgehead atoms. The molecule has 0 amide bonds. The summed E-state index contributed by atoms with van der Waals surface area (Å²) < 4.78 is 7.98. The maximum atomic E-state index is 5.90. The van der Waals surface area contributed by atoms with E-state index in [4.69, 9.17) is 4.42 Å². The minimum atomic E-state index is 0.608. The lowest BCUT2D eigenvalue weighted by molar-refractivity contribution is 0.224. The van der Waals surface area contributed by atoms with Gasteiger partial charge in [-0.25, -0.2) is 0 Å². The van der Waals surface area contributed by atoms with E-state index >= 15 is 0 Å². The summed E-state index contributed by atoms with van der Waals surface area (Å²) in [5, 5.41) is 8.48. The van der Waals surface area contributed by atoms with Crippen molar-refractivity contribution in [3.63, 3.8) is 0 Å². The summed E-state index contributed by atoms with van der Waals surface area (Å²) >= 11 is 0. The van der Waals surface area contributed by atoms with Crippen molar-refractivity contribution in [3.05, 3.63) is 23.7 Å². The van der Waals surface area contributed by atoms with E-state index in [9.17, 15) is 0 Å². The molecule has 0 atom stereocenters. The number of aromatic nitrogens is 3. The first kappa shape index (κ1) is 17.2. The second-order valence-corrected chi connectivity index (χ2v) is 7.24. The minimum absolute atomic E-state index is 0.608. The van der Waals surface area contributed by atoms with Crippen molar-refractivity contribution >= 4 is 0 Å². The van der Waals surface area contributed by atoms with Gasteiger partial charge in [-0.1, -0.05) is 13.8 Å². The Labute approximate surface area is 144 Å². The average Bonchev–Trinajstić information content (AvgIpc) is 3.04. The fourth-order valence-corrected chi connectivity index (χ4v) is 3.32. The molecule has 0 unspecified atom stereocenters. The molecule has 1 saturated heterocycles. The fourth-order valence-electron chi connectivity index (χ4n) is 3.32. The van der Waals surface area contributed by atoms with E-state index in [0.29, 0.717) is 11.8 Å². The van der Waals surface area contributed by atoms with E-state index in [0.717, 1.165) is 37.8 Å². The van der Waals surface area contributed by atoms with Crippen LogP contribution in [0.15, 0.2) is 16.5 Å². The van der Waals surface area contributed by atoms with Crippen molar-refractivity contribution in [2.75, 3.05) is 32.7 Å². The Morgan fingerprint density at radius 1 is 1.08 bits per heavy atom. The lowest BCUT2D eigenvalue weighted by atomic mass is 10.2. The van der Waals surface area contributed by atoms with Crippen LogP contribution in [0.1, 0.15) is 31.9 Å². The van der Waals surface area contributed by atoms with Crippen LogP contribution in [-0.4, -0.2) is 57.3 Å². The quantitative estimate of drug-likeness (QED) is 0.843. The molecule has 24 heavy (non-hydrogen) atoms. The highest BCUT2D eigenvalue weighted by Crippen LogP contribution is 2.20. The average molecular weight is 331 g/mol. The van der Waals surface area contributed by atoms with Crippen LogP contribution >= 0.6 is 0 Å². The second-order valence-electron chi connectivity index (χ2n) is 7.24. The van der Waals surface area contributed by atoms with Crippen molar-refractivity contribution < 1.29 is 4.42 Å². The molecule has 0 saturated carbocycles. The van der Waals surface area contributed by atoms with E-state index in [1.807, 2.05) is 13.1 Å². The molecular weight excluding hydrogens is 302 g/mol. The highest BCUT2D eigenvalue weighted by molar-refractivity contribution is 5.48. The monoisotopic (exact) mass is 331 g/mol. The van der Waals surface area contributed by atoms with E-state index in [1.54, 1.807) is 0 Å². The Morgan fingerprint density at radius 2 is 1.83 bits per heavy atom. The Morgan fingerprint density at radius 3 is 2.54 bits per heavy atom. The molecule has 1 aliphatic rings. The zero-order valence-corrected chi connectivity index (χ0v) is 15.3. The molecule has 0 radical (unpaired) electrons. The zero-order valence-electron chi connectivity index (χ0n) is 15.3. The van der Waals surface area contributed by atoms with Gasteiger partial charge in [0, 0.05) is 32.4 Å². The van der Waals surface area contributed by atoms with Crippen LogP contribution in [0.25, 0.3) is 11.6 Å². The Balaban J connectivity index is 1.60. The summed E-state index contributed by atoms with van der Waals surface area (Å²) in [5.74, 6) is 2.04. The largest absolute Gasteiger partial charge is 0.418 e. The molecular formula is C18H29N5O. The van der Waals surface area contributed by atoms with E-state index in [2.05, 4.69) is 51.4 Å². The number of aryl methyl sites for hydroxylation is 1. The predicted molar refractivity (Wildman–Crippen MR) is 94.6 cm³/mol. The molecule has 0 N–H and O–H groups in total. The molecule has 3 rings (SSSR count). The molecule has 2 aromatic rings. The summed E-state index contributed by atoms with van der Waals surface area (Å²) in [6.07, 6.45) is 1.20. The van der Waals surface area contributed by atoms with Crippen molar-refractivity contribution in [1.82, 2.24) is 24.6 Å². The van der Waals surface area contributed by atoms with Crippen LogP contribution in [0.5, 0.6) is 0 Å². The zero-order chi connectivity index (χ0) is 17.1. The standard InChI is InChI=1S/C18H29N5O/c1-14(2)12-22-8-5-9-23(11-10-22)13-17-19-20-18(24-17)16-7-6-15(3)21(16)4/h6-7,14H,5,8-13H2,1-4H3. The van der Waals surface area contributed by atoms with Crippen LogP contribution in [0.4, 0.5) is 0 Å². The van der Waals surface area contributed by atoms with Crippen LogP contribution < -0.4 is 0 Å². The van der Waals surface area contributed by atoms with Crippen molar-refractivity contribution in [2.24, 2.45) is 13.0 Å². The highest BCUT2D eigenvalue weighted by Gasteiger charge is 2.19. The van der Waals surface area contributed by atoms with Crippen LogP contribution in [0.3, 0.4) is 0 Å². The first-order chi connectivity index (χ1) is 11.5. The third kappa shape index (κ3) is 4.05. The first-order valence-corrected chi connectivity index (χ1v) is 8.92. The summed E-state index contributed by atoms with van der Waals surface area (Å²) in [6, 6.07) is 4.10. The normalized spacial score (nSPS) is 17.5. The van der Waals surface area contributed by atoms with Gasteiger partial charge < -0.3 is 13.9 Å². The molecule has 0 aromatic carbocycles. The summed E-state index contributed by atoms with van der Waals surface area (Å²) in [7, 11) is 2.02. The fraction of sp³-hybridized carbons (Fsp3) is 0.667. The van der Waals surface area contributed by atoms with E-state index < -0.39 is 0 Å². The van der Waals surface area contributed by atoms with Gasteiger partial charge in [0.15, 0.2) is 0 Å². The number of hydrogen-bond acceptors (Lipinski definition) is 5. The van der Waals surface area contributed by atoms with Gasteiger partial charge in [-0.3, -0.25) is 4.90 Å². The van der Waals surface area contributed by atoms with Crippen LogP contribution in [0, 0.1) is 12.8 Å². The maximum absolute atomic E-state index is 5.90. The first-order valence-electron chi connectivity index (χ1n) is 8.92. The number of nitrogens with zero attached hydrogens (tertiary/aromatic N) is 5. The summed E-state index contributed by atoms with van der Waals surface area (Å²) in [4.78, 5) is 4.99. The van der Waals surface area contributed by atoms with Gasteiger partial charge >= 0.3 is 0 Å². The van der Waals surface area contributed by atoms with Crippen LogP contribution in [-0.2, 0) is 13.6 Å². The Bertz CT molecular complexity index is 660. The van der Waals surface area contributed by atoms with Crippen molar-refractivity contribution in [1.29, 1.82) is 0 Å². The minimum Gasteiger partial charge on any atom is -0.418 e. The summed E-state index contributed by atoms with van der Waals surface area (Å²) in [6.45, 7) is 13.0. The second kappa shape index (κ2) is 7.49. The SMILES string of the molecule is Cc1ccc(-c2nnc(CN3CCCN(CC(C)C)CC3)o2)n1C. The molecule has 1 fully saturated rings. The molecule has 2 aromatic heterocycles. The van der Waals surface area contributed by atoms with Gasteiger partial charge in [-0.2, -0.15) is 0 Å². The van der Waals surface area contributed by atoms with Gasteiger partial charge in [0.2, 0.25) is 5.89 Å². The highest BCUT2D eigenvalue weighted by atomic mass is 16.4. The Kier molecular flexibility index (Phi) is 5.36. The van der Waals surface area contributed by atoms with Crippen molar-refractivity contribution in [2.45, 2.75) is 33.7 Å². The molecule has 6 heteroatoms. The molecule has 0 spiro atoms. The maximum Gasteiger partial charge on any atom is 0.264 e. The Hall–Kier alpha value is -1.66. The van der Waals surface area contributed by atoms with Gasteiger partial charge in [-0.15, -0.1) is 10.2 Å². The topological polar surface area (TPSA) is 50.3 Å². The molecule has 6 nitrogen and oxygen atoms in total. The van der Waals surface area contributed by atoms with E-state index in [1.165, 1.54) is 25.2 Å². The van der Waals surface area contributed by atoms with Gasteiger partial charge in [-0.05, 0) is 44.5 Å². The van der Waals surface area contributed by atoms with Crippen LogP contribution in [0.2, 0.25) is 0 Å². The van der Waals surface area contributed by atoms with Gasteiger partial charge in [0.05, 0.1) is 6.54 Å². The number of hydrogen-bond donors (Lipinski definition) is 0.